The van der Waals surface area contributed by atoms with E-state index >= 15 is 0 Å². The molecule has 2 fully saturated rings. The number of esters is 2. The molecule has 0 unspecified atom stereocenters. The lowest BCUT2D eigenvalue weighted by Gasteiger charge is -2.21. The normalized spacial score (nSPS) is 15.1. The van der Waals surface area contributed by atoms with Crippen LogP contribution in [0.25, 0.3) is 0 Å². The molecule has 276 valence electrons. The number of aryl methyl sites for hydroxylation is 1. The second-order valence-electron chi connectivity index (χ2n) is 13.6. The highest BCUT2D eigenvalue weighted by molar-refractivity contribution is 7.97. The maximum Gasteiger partial charge on any atom is 0.338 e. The predicted octanol–water partition coefficient (Wildman–Crippen LogP) is 10.3. The first-order chi connectivity index (χ1) is 25.5. The van der Waals surface area contributed by atoms with Gasteiger partial charge >= 0.3 is 11.9 Å². The summed E-state index contributed by atoms with van der Waals surface area (Å²) in [4.78, 5) is 29.7. The van der Waals surface area contributed by atoms with Gasteiger partial charge in [-0.25, -0.2) is 9.59 Å². The molecule has 0 saturated heterocycles. The molecule has 0 aromatic heterocycles. The van der Waals surface area contributed by atoms with Gasteiger partial charge in [0.25, 0.3) is 0 Å². The van der Waals surface area contributed by atoms with Crippen LogP contribution >= 0.6 is 12.0 Å². The van der Waals surface area contributed by atoms with E-state index in [0.29, 0.717) is 42.0 Å². The summed E-state index contributed by atoms with van der Waals surface area (Å²) in [6.45, 7) is 2.83. The minimum absolute atomic E-state index is 0.0229. The summed E-state index contributed by atoms with van der Waals surface area (Å²) in [6, 6.07) is 34.9. The summed E-state index contributed by atoms with van der Waals surface area (Å²) in [5.41, 5.74) is 1.73. The van der Waals surface area contributed by atoms with Crippen LogP contribution in [0.1, 0.15) is 103 Å². The number of ether oxygens (including phenoxy) is 2. The number of rotatable bonds is 14. The van der Waals surface area contributed by atoms with E-state index in [2.05, 4.69) is 101 Å². The van der Waals surface area contributed by atoms with Crippen molar-refractivity contribution in [2.45, 2.75) is 104 Å². The lowest BCUT2D eigenvalue weighted by molar-refractivity contribution is -0.777. The van der Waals surface area contributed by atoms with Crippen molar-refractivity contribution >= 4 is 34.9 Å². The van der Waals surface area contributed by atoms with Crippen molar-refractivity contribution < 1.29 is 33.7 Å². The van der Waals surface area contributed by atoms with Gasteiger partial charge in [-0.05, 0) is 86.2 Å². The SMILES string of the molecule is Cc1ccc([S+](c2ccccc2)c2ccccc2)cc1.O=C(OCCC1CCCCC1)c1cc(SOO[O-])cc(C(=O)OCCC2CCCCC2)c1. The van der Waals surface area contributed by atoms with Crippen LogP contribution in [-0.4, -0.2) is 25.2 Å². The predicted molar refractivity (Wildman–Crippen MR) is 204 cm³/mol. The molecule has 0 heterocycles. The quantitative estimate of drug-likeness (QED) is 0.0414. The fourth-order valence-electron chi connectivity index (χ4n) is 6.89. The second kappa shape index (κ2) is 21.8. The molecule has 0 N–H and O–H groups in total. The Morgan fingerprint density at radius 3 is 1.52 bits per heavy atom. The summed E-state index contributed by atoms with van der Waals surface area (Å²) in [5, 5.41) is 13.6. The number of carbonyl (C=O) groups is 2. The van der Waals surface area contributed by atoms with Gasteiger partial charge in [-0.15, -0.1) is 0 Å². The number of hydrogen-bond donors (Lipinski definition) is 0. The molecule has 0 spiro atoms. The van der Waals surface area contributed by atoms with Gasteiger partial charge in [0.2, 0.25) is 0 Å². The highest BCUT2D eigenvalue weighted by Gasteiger charge is 2.28. The first-order valence-corrected chi connectivity index (χ1v) is 20.5. The molecule has 0 bridgehead atoms. The van der Waals surface area contributed by atoms with Crippen LogP contribution in [0.4, 0.5) is 0 Å². The van der Waals surface area contributed by atoms with Crippen molar-refractivity contribution in [2.24, 2.45) is 11.8 Å². The zero-order valence-electron chi connectivity index (χ0n) is 30.0. The van der Waals surface area contributed by atoms with Gasteiger partial charge in [0, 0.05) is 4.90 Å². The molecule has 0 radical (unpaired) electrons. The fraction of sp³-hybridized carbons (Fsp3) is 0.395. The van der Waals surface area contributed by atoms with Crippen LogP contribution in [0.3, 0.4) is 0 Å². The van der Waals surface area contributed by atoms with Crippen LogP contribution in [0.2, 0.25) is 0 Å². The highest BCUT2D eigenvalue weighted by Crippen LogP contribution is 2.31. The lowest BCUT2D eigenvalue weighted by Crippen LogP contribution is -2.15. The average molecular weight is 743 g/mol. The monoisotopic (exact) mass is 742 g/mol. The summed E-state index contributed by atoms with van der Waals surface area (Å²) in [6.07, 6.45) is 14.0. The molecule has 6 rings (SSSR count). The number of carbonyl (C=O) groups excluding carboxylic acids is 2. The smallest absolute Gasteiger partial charge is 0.338 e. The molecule has 7 nitrogen and oxygen atoms in total. The van der Waals surface area contributed by atoms with Crippen molar-refractivity contribution in [1.29, 1.82) is 0 Å². The van der Waals surface area contributed by atoms with Crippen LogP contribution in [0.5, 0.6) is 0 Å². The van der Waals surface area contributed by atoms with Crippen molar-refractivity contribution in [2.75, 3.05) is 13.2 Å². The largest absolute Gasteiger partial charge is 0.691 e. The molecule has 2 aliphatic carbocycles. The maximum absolute atomic E-state index is 12.6. The topological polar surface area (TPSA) is 94.1 Å². The van der Waals surface area contributed by atoms with Crippen LogP contribution in [0.15, 0.2) is 123 Å². The summed E-state index contributed by atoms with van der Waals surface area (Å²) < 4.78 is 15.3. The molecule has 9 heteroatoms. The first-order valence-electron chi connectivity index (χ1n) is 18.5. The molecule has 4 aromatic rings. The van der Waals surface area contributed by atoms with Gasteiger partial charge in [-0.1, -0.05) is 118 Å². The molecular formula is C43H50O7S2. The fourth-order valence-corrected chi connectivity index (χ4v) is 9.43. The molecule has 0 atom stereocenters. The first kappa shape index (κ1) is 39.6. The molecule has 0 amide bonds. The zero-order chi connectivity index (χ0) is 36.4. The van der Waals surface area contributed by atoms with E-state index in [-0.39, 0.29) is 22.0 Å². The minimum Gasteiger partial charge on any atom is -0.691 e. The van der Waals surface area contributed by atoms with Gasteiger partial charge in [0.05, 0.1) is 47.3 Å². The molecular weight excluding hydrogens is 693 g/mol. The molecule has 52 heavy (non-hydrogen) atoms. The molecule has 2 aliphatic rings. The van der Waals surface area contributed by atoms with E-state index < -0.39 is 11.9 Å². The van der Waals surface area contributed by atoms with Crippen LogP contribution in [-0.2, 0) is 29.7 Å². The minimum atomic E-state index is -0.512. The molecule has 4 aromatic carbocycles. The second-order valence-corrected chi connectivity index (χ2v) is 16.4. The van der Waals surface area contributed by atoms with Crippen molar-refractivity contribution in [3.63, 3.8) is 0 Å². The van der Waals surface area contributed by atoms with Gasteiger partial charge in [-0.2, -0.15) is 4.33 Å². The average Bonchev–Trinajstić information content (AvgIpc) is 3.19. The summed E-state index contributed by atoms with van der Waals surface area (Å²) in [7, 11) is -0.0229. The van der Waals surface area contributed by atoms with E-state index in [1.54, 1.807) is 0 Å². The van der Waals surface area contributed by atoms with E-state index in [9.17, 15) is 14.8 Å². The molecule has 0 aliphatic heterocycles. The Morgan fingerprint density at radius 1 is 0.635 bits per heavy atom. The van der Waals surface area contributed by atoms with Crippen LogP contribution in [0, 0.1) is 18.8 Å². The maximum atomic E-state index is 12.6. The van der Waals surface area contributed by atoms with E-state index in [1.807, 2.05) is 0 Å². The van der Waals surface area contributed by atoms with Gasteiger partial charge < -0.3 is 14.7 Å². The Hall–Kier alpha value is -3.60. The zero-order valence-corrected chi connectivity index (χ0v) is 31.7. The Morgan fingerprint density at radius 2 is 1.08 bits per heavy atom. The number of benzene rings is 4. The van der Waals surface area contributed by atoms with Gasteiger partial charge in [0.1, 0.15) is 0 Å². The Kier molecular flexibility index (Phi) is 16.6. The number of hydrogen-bond acceptors (Lipinski definition) is 8. The van der Waals surface area contributed by atoms with Crippen molar-refractivity contribution in [3.05, 3.63) is 120 Å². The van der Waals surface area contributed by atoms with E-state index in [0.717, 1.165) is 12.8 Å². The molecule has 2 saturated carbocycles. The summed E-state index contributed by atoms with van der Waals surface area (Å²) >= 11 is 0.626. The van der Waals surface area contributed by atoms with E-state index in [4.69, 9.17) is 9.47 Å². The van der Waals surface area contributed by atoms with Crippen molar-refractivity contribution in [3.8, 4) is 0 Å². The lowest BCUT2D eigenvalue weighted by atomic mass is 9.87. The standard InChI is InChI=1S/C24H34O7S.C19H17S/c25-23(28-13-11-18-7-3-1-4-8-18)20-15-21(17-22(16-20)32-31-30-27)24(26)29-14-12-19-9-5-2-6-10-19;1-16-12-14-19(15-13-16)20(17-8-4-2-5-9-17)18-10-6-3-7-11-18/h15-19,27H,1-14H2;2-15H,1H3/q;+1/p-1. The third kappa shape index (κ3) is 12.8. The third-order valence-corrected chi connectivity index (χ3v) is 12.5. The summed E-state index contributed by atoms with van der Waals surface area (Å²) in [5.74, 6) is 0.191. The van der Waals surface area contributed by atoms with Gasteiger partial charge in [0.15, 0.2) is 14.7 Å². The Labute approximate surface area is 315 Å². The Bertz CT molecular complexity index is 1540. The van der Waals surface area contributed by atoms with E-state index in [1.165, 1.54) is 103 Å². The Balaban J connectivity index is 0.000000223. The van der Waals surface area contributed by atoms with Crippen LogP contribution < -0.4 is 5.26 Å². The van der Waals surface area contributed by atoms with Gasteiger partial charge in [-0.3, -0.25) is 5.04 Å². The third-order valence-electron chi connectivity index (χ3n) is 9.72. The highest BCUT2D eigenvalue weighted by atomic mass is 32.2. The van der Waals surface area contributed by atoms with Crippen molar-refractivity contribution in [1.82, 2.24) is 0 Å².